The number of nitrogens with two attached hydrogens (primary N) is 1. The number of nitrogens with zero attached hydrogens (tertiary/aromatic N) is 2. The molecule has 2 aromatic rings. The van der Waals surface area contributed by atoms with Crippen molar-refractivity contribution in [1.29, 1.82) is 0 Å². The highest BCUT2D eigenvalue weighted by atomic mass is 16.3. The van der Waals surface area contributed by atoms with E-state index in [1.807, 2.05) is 18.2 Å². The summed E-state index contributed by atoms with van der Waals surface area (Å²) in [4.78, 5) is 4.64. The molecule has 0 aliphatic rings. The number of aromatic nitrogens is 2. The van der Waals surface area contributed by atoms with Gasteiger partial charge in [0.2, 0.25) is 0 Å². The smallest absolute Gasteiger partial charge is 0.109 e. The third-order valence-corrected chi connectivity index (χ3v) is 3.59. The molecule has 1 aromatic heterocycles. The second kappa shape index (κ2) is 5.72. The molecule has 1 heterocycles. The minimum absolute atomic E-state index is 0.304. The van der Waals surface area contributed by atoms with Gasteiger partial charge in [0, 0.05) is 19.5 Å². The molecule has 0 saturated carbocycles. The molecule has 3 N–H and O–H groups in total. The number of imidazole rings is 1. The van der Waals surface area contributed by atoms with Crippen LogP contribution in [0.3, 0.4) is 0 Å². The molecule has 19 heavy (non-hydrogen) atoms. The van der Waals surface area contributed by atoms with Crippen LogP contribution < -0.4 is 5.73 Å². The first kappa shape index (κ1) is 14.0. The molecule has 4 heteroatoms. The SMILES string of the molecule is CCc1nc2ccccc2n1CCCC(C)(O)CN. The molecule has 0 spiro atoms. The summed E-state index contributed by atoms with van der Waals surface area (Å²) in [5, 5.41) is 9.94. The van der Waals surface area contributed by atoms with E-state index in [0.29, 0.717) is 13.0 Å². The lowest BCUT2D eigenvalue weighted by Crippen LogP contribution is -2.34. The highest BCUT2D eigenvalue weighted by Gasteiger charge is 2.17. The number of aliphatic hydroxyl groups is 1. The Labute approximate surface area is 114 Å². The first-order valence-corrected chi connectivity index (χ1v) is 6.94. The van der Waals surface area contributed by atoms with E-state index in [9.17, 15) is 5.11 Å². The van der Waals surface area contributed by atoms with E-state index < -0.39 is 5.60 Å². The Balaban J connectivity index is 2.15. The van der Waals surface area contributed by atoms with Gasteiger partial charge in [-0.15, -0.1) is 0 Å². The summed E-state index contributed by atoms with van der Waals surface area (Å²) in [5.41, 5.74) is 7.00. The van der Waals surface area contributed by atoms with E-state index in [-0.39, 0.29) is 0 Å². The van der Waals surface area contributed by atoms with Gasteiger partial charge in [0.25, 0.3) is 0 Å². The van der Waals surface area contributed by atoms with Gasteiger partial charge in [-0.3, -0.25) is 0 Å². The van der Waals surface area contributed by atoms with E-state index in [1.54, 1.807) is 6.92 Å². The highest BCUT2D eigenvalue weighted by molar-refractivity contribution is 5.75. The maximum atomic E-state index is 9.94. The molecular weight excluding hydrogens is 238 g/mol. The first-order valence-electron chi connectivity index (χ1n) is 6.94. The average molecular weight is 261 g/mol. The Bertz CT molecular complexity index is 545. The fraction of sp³-hybridized carbons (Fsp3) is 0.533. The van der Waals surface area contributed by atoms with Gasteiger partial charge in [-0.25, -0.2) is 4.98 Å². The van der Waals surface area contributed by atoms with Crippen LogP contribution in [0, 0.1) is 0 Å². The zero-order valence-corrected chi connectivity index (χ0v) is 11.8. The van der Waals surface area contributed by atoms with Crippen LogP contribution in [0.4, 0.5) is 0 Å². The number of fused-ring (bicyclic) bond motifs is 1. The Morgan fingerprint density at radius 3 is 2.79 bits per heavy atom. The summed E-state index contributed by atoms with van der Waals surface area (Å²) in [6, 6.07) is 8.19. The maximum Gasteiger partial charge on any atom is 0.109 e. The molecule has 0 amide bonds. The van der Waals surface area contributed by atoms with Crippen molar-refractivity contribution >= 4 is 11.0 Å². The van der Waals surface area contributed by atoms with Crippen LogP contribution in [0.15, 0.2) is 24.3 Å². The molecular formula is C15H23N3O. The van der Waals surface area contributed by atoms with Gasteiger partial charge in [0.1, 0.15) is 5.82 Å². The molecule has 0 radical (unpaired) electrons. The number of hydrogen-bond donors (Lipinski definition) is 2. The van der Waals surface area contributed by atoms with Crippen molar-refractivity contribution < 1.29 is 5.11 Å². The van der Waals surface area contributed by atoms with Crippen molar-refractivity contribution in [3.8, 4) is 0 Å². The van der Waals surface area contributed by atoms with E-state index in [1.165, 1.54) is 5.52 Å². The molecule has 104 valence electrons. The lowest BCUT2D eigenvalue weighted by molar-refractivity contribution is 0.0566. The van der Waals surface area contributed by atoms with Crippen LogP contribution in [0.25, 0.3) is 11.0 Å². The van der Waals surface area contributed by atoms with Crippen molar-refractivity contribution in [2.24, 2.45) is 5.73 Å². The van der Waals surface area contributed by atoms with Gasteiger partial charge in [-0.2, -0.15) is 0 Å². The van der Waals surface area contributed by atoms with Crippen molar-refractivity contribution in [2.75, 3.05) is 6.54 Å². The van der Waals surface area contributed by atoms with Gasteiger partial charge >= 0.3 is 0 Å². The van der Waals surface area contributed by atoms with E-state index in [0.717, 1.165) is 30.7 Å². The van der Waals surface area contributed by atoms with Crippen LogP contribution in [-0.2, 0) is 13.0 Å². The van der Waals surface area contributed by atoms with Crippen molar-refractivity contribution in [3.63, 3.8) is 0 Å². The third-order valence-electron chi connectivity index (χ3n) is 3.59. The lowest BCUT2D eigenvalue weighted by atomic mass is 10.0. The Morgan fingerprint density at radius 2 is 2.11 bits per heavy atom. The fourth-order valence-electron chi connectivity index (χ4n) is 2.36. The minimum Gasteiger partial charge on any atom is -0.389 e. The molecule has 1 unspecified atom stereocenters. The quantitative estimate of drug-likeness (QED) is 0.837. The Kier molecular flexibility index (Phi) is 4.22. The zero-order valence-electron chi connectivity index (χ0n) is 11.8. The van der Waals surface area contributed by atoms with E-state index >= 15 is 0 Å². The molecule has 0 saturated heterocycles. The third kappa shape index (κ3) is 3.14. The summed E-state index contributed by atoms with van der Waals surface area (Å²) < 4.78 is 2.25. The standard InChI is InChI=1S/C15H23N3O/c1-3-14-17-12-7-4-5-8-13(12)18(14)10-6-9-15(2,19)11-16/h4-5,7-8,19H,3,6,9-11,16H2,1-2H3. The summed E-state index contributed by atoms with van der Waals surface area (Å²) in [6.07, 6.45) is 2.53. The predicted octanol–water partition coefficient (Wildman–Crippen LogP) is 2.09. The van der Waals surface area contributed by atoms with Gasteiger partial charge < -0.3 is 15.4 Å². The molecule has 0 aliphatic heterocycles. The van der Waals surface area contributed by atoms with Crippen molar-refractivity contribution in [2.45, 2.75) is 45.3 Å². The summed E-state index contributed by atoms with van der Waals surface area (Å²) in [6.45, 7) is 5.09. The second-order valence-corrected chi connectivity index (χ2v) is 5.33. The van der Waals surface area contributed by atoms with Crippen LogP contribution in [0.5, 0.6) is 0 Å². The van der Waals surface area contributed by atoms with Gasteiger partial charge in [0.15, 0.2) is 0 Å². The van der Waals surface area contributed by atoms with Gasteiger partial charge in [0.05, 0.1) is 16.6 Å². The Hall–Kier alpha value is -1.39. The average Bonchev–Trinajstić information content (AvgIpc) is 2.77. The van der Waals surface area contributed by atoms with Gasteiger partial charge in [-0.1, -0.05) is 19.1 Å². The molecule has 2 rings (SSSR count). The zero-order chi connectivity index (χ0) is 13.9. The molecule has 4 nitrogen and oxygen atoms in total. The number of benzene rings is 1. The lowest BCUT2D eigenvalue weighted by Gasteiger charge is -2.21. The predicted molar refractivity (Wildman–Crippen MR) is 78.0 cm³/mol. The number of aryl methyl sites for hydroxylation is 2. The van der Waals surface area contributed by atoms with E-state index in [4.69, 9.17) is 5.73 Å². The van der Waals surface area contributed by atoms with Crippen molar-refractivity contribution in [1.82, 2.24) is 9.55 Å². The molecule has 0 aliphatic carbocycles. The minimum atomic E-state index is -0.761. The molecule has 0 bridgehead atoms. The van der Waals surface area contributed by atoms with Crippen molar-refractivity contribution in [3.05, 3.63) is 30.1 Å². The summed E-state index contributed by atoms with van der Waals surface area (Å²) in [7, 11) is 0. The number of para-hydroxylation sites is 2. The first-order chi connectivity index (χ1) is 9.07. The summed E-state index contributed by atoms with van der Waals surface area (Å²) >= 11 is 0. The second-order valence-electron chi connectivity index (χ2n) is 5.33. The van der Waals surface area contributed by atoms with Crippen LogP contribution in [-0.4, -0.2) is 26.8 Å². The van der Waals surface area contributed by atoms with Gasteiger partial charge in [-0.05, 0) is 31.9 Å². The molecule has 1 atom stereocenters. The largest absolute Gasteiger partial charge is 0.389 e. The monoisotopic (exact) mass is 261 g/mol. The van der Waals surface area contributed by atoms with Crippen LogP contribution in [0.1, 0.15) is 32.5 Å². The maximum absolute atomic E-state index is 9.94. The molecule has 1 aromatic carbocycles. The summed E-state index contributed by atoms with van der Waals surface area (Å²) in [5.74, 6) is 1.11. The fourth-order valence-corrected chi connectivity index (χ4v) is 2.36. The van der Waals surface area contributed by atoms with Crippen LogP contribution >= 0.6 is 0 Å². The highest BCUT2D eigenvalue weighted by Crippen LogP contribution is 2.19. The van der Waals surface area contributed by atoms with E-state index in [2.05, 4.69) is 22.5 Å². The Morgan fingerprint density at radius 1 is 1.37 bits per heavy atom. The number of hydrogen-bond acceptors (Lipinski definition) is 3. The molecule has 0 fully saturated rings. The number of rotatable bonds is 6. The topological polar surface area (TPSA) is 64.1 Å². The normalized spacial score (nSPS) is 14.7. The van der Waals surface area contributed by atoms with Crippen LogP contribution in [0.2, 0.25) is 0 Å².